The van der Waals surface area contributed by atoms with Gasteiger partial charge in [-0.1, -0.05) is 30.3 Å². The molecule has 3 rings (SSSR count). The maximum Gasteiger partial charge on any atom is 0.241 e. The molecule has 0 bridgehead atoms. The number of carbonyl (C=O) groups is 1. The number of nitrogens with two attached hydrogens (primary N) is 1. The minimum absolute atomic E-state index is 0.276. The number of nitrogens with zero attached hydrogens (tertiary/aromatic N) is 2. The fourth-order valence-corrected chi connectivity index (χ4v) is 3.40. The van der Waals surface area contributed by atoms with Crippen LogP contribution >= 0.6 is 0 Å². The Morgan fingerprint density at radius 1 is 1.11 bits per heavy atom. The highest BCUT2D eigenvalue weighted by molar-refractivity contribution is 5.83. The minimum Gasteiger partial charge on any atom is -0.369 e. The van der Waals surface area contributed by atoms with Gasteiger partial charge in [0.2, 0.25) is 5.91 Å². The highest BCUT2D eigenvalue weighted by atomic mass is 19.1. The SMILES string of the molecule is CC(NC(=O)C(N)c1ccccc1)c1cc(F)ccc1N1CCN(C)CC1. The molecule has 1 amide bonds. The van der Waals surface area contributed by atoms with Crippen molar-refractivity contribution in [2.24, 2.45) is 5.73 Å². The average Bonchev–Trinajstić information content (AvgIpc) is 2.68. The minimum atomic E-state index is -0.755. The molecule has 6 heteroatoms. The van der Waals surface area contributed by atoms with E-state index in [-0.39, 0.29) is 17.8 Å². The van der Waals surface area contributed by atoms with E-state index < -0.39 is 6.04 Å². The van der Waals surface area contributed by atoms with Gasteiger partial charge in [-0.25, -0.2) is 4.39 Å². The lowest BCUT2D eigenvalue weighted by molar-refractivity contribution is -0.123. The molecule has 27 heavy (non-hydrogen) atoms. The molecule has 0 saturated carbocycles. The quantitative estimate of drug-likeness (QED) is 0.849. The monoisotopic (exact) mass is 370 g/mol. The highest BCUT2D eigenvalue weighted by Crippen LogP contribution is 2.28. The summed E-state index contributed by atoms with van der Waals surface area (Å²) in [7, 11) is 2.09. The molecule has 2 unspecified atom stereocenters. The van der Waals surface area contributed by atoms with E-state index in [1.165, 1.54) is 12.1 Å². The van der Waals surface area contributed by atoms with Crippen LogP contribution in [-0.2, 0) is 4.79 Å². The summed E-state index contributed by atoms with van der Waals surface area (Å²) < 4.78 is 13.9. The summed E-state index contributed by atoms with van der Waals surface area (Å²) >= 11 is 0. The van der Waals surface area contributed by atoms with E-state index in [0.29, 0.717) is 0 Å². The lowest BCUT2D eigenvalue weighted by Gasteiger charge is -2.36. The van der Waals surface area contributed by atoms with Crippen LogP contribution in [0.3, 0.4) is 0 Å². The molecular formula is C21H27FN4O. The molecule has 2 aromatic rings. The van der Waals surface area contributed by atoms with E-state index in [1.54, 1.807) is 6.07 Å². The van der Waals surface area contributed by atoms with E-state index in [9.17, 15) is 9.18 Å². The first-order valence-electron chi connectivity index (χ1n) is 9.29. The number of rotatable bonds is 5. The molecule has 0 aliphatic carbocycles. The summed E-state index contributed by atoms with van der Waals surface area (Å²) in [5.74, 6) is -0.585. The molecule has 2 atom stereocenters. The van der Waals surface area contributed by atoms with Crippen LogP contribution in [0, 0.1) is 5.82 Å². The molecule has 1 heterocycles. The summed E-state index contributed by atoms with van der Waals surface area (Å²) in [5.41, 5.74) is 8.57. The van der Waals surface area contributed by atoms with Gasteiger partial charge in [0, 0.05) is 37.4 Å². The number of likely N-dealkylation sites (N-methyl/N-ethyl adjacent to an activating group) is 1. The second kappa shape index (κ2) is 8.50. The number of hydrogen-bond acceptors (Lipinski definition) is 4. The Bertz CT molecular complexity index is 775. The normalized spacial score (nSPS) is 17.4. The van der Waals surface area contributed by atoms with Crippen molar-refractivity contribution in [3.8, 4) is 0 Å². The standard InChI is InChI=1S/C21H27FN4O/c1-15(24-21(27)20(23)16-6-4-3-5-7-16)18-14-17(22)8-9-19(18)26-12-10-25(2)11-13-26/h3-9,14-15,20H,10-13,23H2,1-2H3,(H,24,27). The molecule has 3 N–H and O–H groups in total. The summed E-state index contributed by atoms with van der Waals surface area (Å²) in [5, 5.41) is 2.94. The lowest BCUT2D eigenvalue weighted by Crippen LogP contribution is -2.45. The van der Waals surface area contributed by atoms with Crippen LogP contribution < -0.4 is 16.0 Å². The van der Waals surface area contributed by atoms with Crippen molar-refractivity contribution in [1.29, 1.82) is 0 Å². The number of benzene rings is 2. The van der Waals surface area contributed by atoms with Crippen LogP contribution in [0.5, 0.6) is 0 Å². The van der Waals surface area contributed by atoms with Crippen molar-refractivity contribution < 1.29 is 9.18 Å². The first-order valence-corrected chi connectivity index (χ1v) is 9.29. The lowest BCUT2D eigenvalue weighted by atomic mass is 10.0. The van der Waals surface area contributed by atoms with Crippen molar-refractivity contribution in [1.82, 2.24) is 10.2 Å². The van der Waals surface area contributed by atoms with Gasteiger partial charge in [0.05, 0.1) is 6.04 Å². The first kappa shape index (κ1) is 19.3. The first-order chi connectivity index (χ1) is 13.0. The van der Waals surface area contributed by atoms with Gasteiger partial charge in [-0.3, -0.25) is 4.79 Å². The van der Waals surface area contributed by atoms with E-state index in [1.807, 2.05) is 37.3 Å². The molecule has 1 saturated heterocycles. The van der Waals surface area contributed by atoms with E-state index in [4.69, 9.17) is 5.73 Å². The number of piperazine rings is 1. The molecular weight excluding hydrogens is 343 g/mol. The van der Waals surface area contributed by atoms with Gasteiger partial charge < -0.3 is 20.9 Å². The number of anilines is 1. The summed E-state index contributed by atoms with van der Waals surface area (Å²) in [4.78, 5) is 17.1. The number of nitrogens with one attached hydrogen (secondary N) is 1. The number of hydrogen-bond donors (Lipinski definition) is 2. The summed E-state index contributed by atoms with van der Waals surface area (Å²) in [6.07, 6.45) is 0. The topological polar surface area (TPSA) is 61.6 Å². The molecule has 2 aromatic carbocycles. The molecule has 144 valence electrons. The molecule has 1 aliphatic rings. The fraction of sp³-hybridized carbons (Fsp3) is 0.381. The molecule has 0 spiro atoms. The number of halogens is 1. The molecule has 0 radical (unpaired) electrons. The largest absolute Gasteiger partial charge is 0.369 e. The maximum atomic E-state index is 13.9. The zero-order valence-electron chi connectivity index (χ0n) is 15.9. The van der Waals surface area contributed by atoms with Crippen LogP contribution in [0.15, 0.2) is 48.5 Å². The van der Waals surface area contributed by atoms with Crippen molar-refractivity contribution in [3.63, 3.8) is 0 Å². The third kappa shape index (κ3) is 4.64. The Hall–Kier alpha value is -2.44. The van der Waals surface area contributed by atoms with Gasteiger partial charge >= 0.3 is 0 Å². The van der Waals surface area contributed by atoms with Crippen LogP contribution in [0.4, 0.5) is 10.1 Å². The van der Waals surface area contributed by atoms with Crippen molar-refractivity contribution >= 4 is 11.6 Å². The van der Waals surface area contributed by atoms with Gasteiger partial charge in [0.15, 0.2) is 0 Å². The van der Waals surface area contributed by atoms with Gasteiger partial charge in [0.1, 0.15) is 11.9 Å². The zero-order valence-corrected chi connectivity index (χ0v) is 15.9. The van der Waals surface area contributed by atoms with E-state index in [2.05, 4.69) is 22.2 Å². The summed E-state index contributed by atoms with van der Waals surface area (Å²) in [6, 6.07) is 12.9. The second-order valence-corrected chi connectivity index (χ2v) is 7.11. The molecule has 1 fully saturated rings. The fourth-order valence-electron chi connectivity index (χ4n) is 3.40. The smallest absolute Gasteiger partial charge is 0.241 e. The molecule has 5 nitrogen and oxygen atoms in total. The van der Waals surface area contributed by atoms with Crippen molar-refractivity contribution in [2.75, 3.05) is 38.1 Å². The maximum absolute atomic E-state index is 13.9. The van der Waals surface area contributed by atoms with Gasteiger partial charge in [-0.15, -0.1) is 0 Å². The van der Waals surface area contributed by atoms with Crippen molar-refractivity contribution in [2.45, 2.75) is 19.0 Å². The number of carbonyl (C=O) groups excluding carboxylic acids is 1. The van der Waals surface area contributed by atoms with Gasteiger partial charge in [0.25, 0.3) is 0 Å². The molecule has 1 aliphatic heterocycles. The van der Waals surface area contributed by atoms with E-state index >= 15 is 0 Å². The highest BCUT2D eigenvalue weighted by Gasteiger charge is 2.23. The predicted molar refractivity (Wildman–Crippen MR) is 106 cm³/mol. The van der Waals surface area contributed by atoms with Crippen LogP contribution in [0.25, 0.3) is 0 Å². The molecule has 0 aromatic heterocycles. The zero-order chi connectivity index (χ0) is 19.4. The third-order valence-electron chi connectivity index (χ3n) is 5.10. The average molecular weight is 370 g/mol. The summed E-state index contributed by atoms with van der Waals surface area (Å²) in [6.45, 7) is 5.52. The van der Waals surface area contributed by atoms with Crippen LogP contribution in [0.1, 0.15) is 30.1 Å². The Morgan fingerprint density at radius 3 is 2.44 bits per heavy atom. The Labute approximate surface area is 160 Å². The van der Waals surface area contributed by atoms with Crippen molar-refractivity contribution in [3.05, 3.63) is 65.5 Å². The van der Waals surface area contributed by atoms with E-state index in [0.717, 1.165) is 43.0 Å². The van der Waals surface area contributed by atoms with Gasteiger partial charge in [-0.2, -0.15) is 0 Å². The van der Waals surface area contributed by atoms with Gasteiger partial charge in [-0.05, 0) is 37.7 Å². The second-order valence-electron chi connectivity index (χ2n) is 7.11. The van der Waals surface area contributed by atoms with Crippen LogP contribution in [-0.4, -0.2) is 44.0 Å². The predicted octanol–water partition coefficient (Wildman–Crippen LogP) is 2.45. The Kier molecular flexibility index (Phi) is 6.08. The number of amides is 1. The third-order valence-corrected chi connectivity index (χ3v) is 5.10. The van der Waals surface area contributed by atoms with Crippen LogP contribution in [0.2, 0.25) is 0 Å². The Balaban J connectivity index is 1.76. The Morgan fingerprint density at radius 2 is 1.78 bits per heavy atom.